The molecular formula is C22H27N3O3. The number of rotatable bonds is 4. The molecule has 1 heterocycles. The molecule has 1 fully saturated rings. The number of methoxy groups -OCH3 is 1. The molecule has 0 bridgehead atoms. The summed E-state index contributed by atoms with van der Waals surface area (Å²) in [5.74, 6) is 0.145. The van der Waals surface area contributed by atoms with Gasteiger partial charge in [-0.3, -0.25) is 9.59 Å². The van der Waals surface area contributed by atoms with Gasteiger partial charge in [-0.15, -0.1) is 0 Å². The Kier molecular flexibility index (Phi) is 6.19. The van der Waals surface area contributed by atoms with Crippen LogP contribution in [0.25, 0.3) is 0 Å². The number of piperazine rings is 1. The lowest BCUT2D eigenvalue weighted by Crippen LogP contribution is -2.51. The zero-order valence-electron chi connectivity index (χ0n) is 16.6. The van der Waals surface area contributed by atoms with Crippen LogP contribution < -0.4 is 15.0 Å². The first-order valence-corrected chi connectivity index (χ1v) is 9.57. The molecule has 6 nitrogen and oxygen atoms in total. The lowest BCUT2D eigenvalue weighted by Gasteiger charge is -2.36. The van der Waals surface area contributed by atoms with E-state index in [1.807, 2.05) is 48.5 Å². The van der Waals surface area contributed by atoms with Gasteiger partial charge < -0.3 is 19.9 Å². The molecule has 148 valence electrons. The number of carbonyl (C=O) groups is 2. The van der Waals surface area contributed by atoms with E-state index in [9.17, 15) is 9.59 Å². The van der Waals surface area contributed by atoms with Gasteiger partial charge in [0.15, 0.2) is 0 Å². The van der Waals surface area contributed by atoms with Gasteiger partial charge in [-0.25, -0.2) is 0 Å². The maximum atomic E-state index is 12.5. The lowest BCUT2D eigenvalue weighted by molar-refractivity contribution is -0.143. The fourth-order valence-corrected chi connectivity index (χ4v) is 3.32. The third kappa shape index (κ3) is 4.44. The van der Waals surface area contributed by atoms with Crippen LogP contribution in [0.2, 0.25) is 0 Å². The molecule has 1 aliphatic rings. The number of hydrogen-bond donors (Lipinski definition) is 1. The first kappa shape index (κ1) is 19.7. The van der Waals surface area contributed by atoms with Crippen molar-refractivity contribution in [3.63, 3.8) is 0 Å². The smallest absolute Gasteiger partial charge is 0.313 e. The van der Waals surface area contributed by atoms with Crippen molar-refractivity contribution in [1.29, 1.82) is 0 Å². The van der Waals surface area contributed by atoms with Crippen LogP contribution in [0, 0.1) is 0 Å². The van der Waals surface area contributed by atoms with Gasteiger partial charge in [0, 0.05) is 31.9 Å². The first-order valence-electron chi connectivity index (χ1n) is 9.57. The number of benzene rings is 2. The number of carbonyl (C=O) groups excluding carboxylic acids is 2. The molecule has 28 heavy (non-hydrogen) atoms. The number of hydrogen-bond acceptors (Lipinski definition) is 4. The Morgan fingerprint density at radius 1 is 0.964 bits per heavy atom. The quantitative estimate of drug-likeness (QED) is 0.827. The molecule has 2 aromatic rings. The summed E-state index contributed by atoms with van der Waals surface area (Å²) in [7, 11) is 1.65. The normalized spacial score (nSPS) is 14.1. The molecule has 1 aliphatic heterocycles. The second kappa shape index (κ2) is 8.78. The largest absolute Gasteiger partial charge is 0.495 e. The van der Waals surface area contributed by atoms with Crippen molar-refractivity contribution in [3.8, 4) is 5.75 Å². The summed E-state index contributed by atoms with van der Waals surface area (Å²) in [6, 6.07) is 15.4. The Bertz CT molecular complexity index is 825. The van der Waals surface area contributed by atoms with E-state index in [2.05, 4.69) is 24.1 Å². The Morgan fingerprint density at radius 3 is 2.21 bits per heavy atom. The molecule has 0 aromatic heterocycles. The van der Waals surface area contributed by atoms with Crippen molar-refractivity contribution in [1.82, 2.24) is 4.90 Å². The molecule has 0 saturated carbocycles. The molecule has 0 aliphatic carbocycles. The van der Waals surface area contributed by atoms with Crippen LogP contribution in [0.3, 0.4) is 0 Å². The van der Waals surface area contributed by atoms with Gasteiger partial charge in [-0.05, 0) is 35.7 Å². The topological polar surface area (TPSA) is 61.9 Å². The van der Waals surface area contributed by atoms with Crippen molar-refractivity contribution in [2.45, 2.75) is 19.8 Å². The number of nitrogens with zero attached hydrogens (tertiary/aromatic N) is 2. The van der Waals surface area contributed by atoms with E-state index >= 15 is 0 Å². The zero-order valence-corrected chi connectivity index (χ0v) is 16.6. The Hall–Kier alpha value is -3.02. The van der Waals surface area contributed by atoms with Crippen LogP contribution in [-0.4, -0.2) is 50.0 Å². The molecule has 2 amide bonds. The van der Waals surface area contributed by atoms with Crippen LogP contribution in [0.5, 0.6) is 5.75 Å². The zero-order chi connectivity index (χ0) is 20.1. The summed E-state index contributed by atoms with van der Waals surface area (Å²) >= 11 is 0. The summed E-state index contributed by atoms with van der Waals surface area (Å²) < 4.78 is 5.41. The second-order valence-electron chi connectivity index (χ2n) is 7.18. The van der Waals surface area contributed by atoms with Crippen LogP contribution in [0.15, 0.2) is 48.5 Å². The fraction of sp³-hybridized carbons (Fsp3) is 0.364. The highest BCUT2D eigenvalue weighted by Crippen LogP contribution is 2.28. The first-order chi connectivity index (χ1) is 13.5. The number of amides is 2. The minimum Gasteiger partial charge on any atom is -0.495 e. The third-order valence-corrected chi connectivity index (χ3v) is 5.02. The van der Waals surface area contributed by atoms with E-state index in [1.54, 1.807) is 12.0 Å². The SMILES string of the molecule is COc1ccccc1N1CCN(C(=O)C(=O)Nc2ccc(C(C)C)cc2)CC1. The highest BCUT2D eigenvalue weighted by Gasteiger charge is 2.27. The second-order valence-corrected chi connectivity index (χ2v) is 7.18. The molecule has 0 spiro atoms. The van der Waals surface area contributed by atoms with Gasteiger partial charge in [0.1, 0.15) is 5.75 Å². The summed E-state index contributed by atoms with van der Waals surface area (Å²) in [5, 5.41) is 2.70. The van der Waals surface area contributed by atoms with E-state index in [-0.39, 0.29) is 0 Å². The van der Waals surface area contributed by atoms with Crippen molar-refractivity contribution < 1.29 is 14.3 Å². The molecule has 0 radical (unpaired) electrons. The highest BCUT2D eigenvalue weighted by atomic mass is 16.5. The van der Waals surface area contributed by atoms with E-state index in [1.165, 1.54) is 5.56 Å². The third-order valence-electron chi connectivity index (χ3n) is 5.02. The van der Waals surface area contributed by atoms with Crippen LogP contribution in [0.4, 0.5) is 11.4 Å². The van der Waals surface area contributed by atoms with E-state index in [0.717, 1.165) is 11.4 Å². The minimum atomic E-state index is -0.594. The van der Waals surface area contributed by atoms with Gasteiger partial charge >= 0.3 is 11.8 Å². The minimum absolute atomic E-state index is 0.422. The number of ether oxygens (including phenoxy) is 1. The van der Waals surface area contributed by atoms with Crippen molar-refractivity contribution >= 4 is 23.2 Å². The van der Waals surface area contributed by atoms with Gasteiger partial charge in [0.25, 0.3) is 0 Å². The molecule has 0 unspecified atom stereocenters. The monoisotopic (exact) mass is 381 g/mol. The average molecular weight is 381 g/mol. The molecular weight excluding hydrogens is 354 g/mol. The number of nitrogens with one attached hydrogen (secondary N) is 1. The Balaban J connectivity index is 1.56. The van der Waals surface area contributed by atoms with E-state index in [4.69, 9.17) is 4.74 Å². The summed E-state index contributed by atoms with van der Waals surface area (Å²) in [4.78, 5) is 28.6. The van der Waals surface area contributed by atoms with Crippen LogP contribution >= 0.6 is 0 Å². The number of anilines is 2. The van der Waals surface area contributed by atoms with Crippen LogP contribution in [0.1, 0.15) is 25.3 Å². The molecule has 3 rings (SSSR count). The van der Waals surface area contributed by atoms with Crippen molar-refractivity contribution in [2.75, 3.05) is 43.5 Å². The molecule has 2 aromatic carbocycles. The fourth-order valence-electron chi connectivity index (χ4n) is 3.32. The number of para-hydroxylation sites is 2. The lowest BCUT2D eigenvalue weighted by atomic mass is 10.0. The van der Waals surface area contributed by atoms with Gasteiger partial charge in [0.2, 0.25) is 0 Å². The summed E-state index contributed by atoms with van der Waals surface area (Å²) in [6.07, 6.45) is 0. The van der Waals surface area contributed by atoms with Gasteiger partial charge in [-0.1, -0.05) is 38.1 Å². The van der Waals surface area contributed by atoms with Crippen molar-refractivity contribution in [2.24, 2.45) is 0 Å². The summed E-state index contributed by atoms with van der Waals surface area (Å²) in [6.45, 7) is 6.53. The predicted molar refractivity (Wildman–Crippen MR) is 111 cm³/mol. The van der Waals surface area contributed by atoms with E-state index < -0.39 is 11.8 Å². The standard InChI is InChI=1S/C22H27N3O3/c1-16(2)17-8-10-18(11-9-17)23-21(26)22(27)25-14-12-24(13-15-25)19-6-4-5-7-20(19)28-3/h4-11,16H,12-15H2,1-3H3,(H,23,26). The summed E-state index contributed by atoms with van der Waals surface area (Å²) in [5.41, 5.74) is 2.83. The van der Waals surface area contributed by atoms with E-state index in [0.29, 0.717) is 37.8 Å². The highest BCUT2D eigenvalue weighted by molar-refractivity contribution is 6.39. The van der Waals surface area contributed by atoms with Gasteiger partial charge in [-0.2, -0.15) is 0 Å². The van der Waals surface area contributed by atoms with Crippen molar-refractivity contribution in [3.05, 3.63) is 54.1 Å². The molecule has 6 heteroatoms. The maximum Gasteiger partial charge on any atom is 0.313 e. The Morgan fingerprint density at radius 2 is 1.61 bits per heavy atom. The van der Waals surface area contributed by atoms with Gasteiger partial charge in [0.05, 0.1) is 12.8 Å². The average Bonchev–Trinajstić information content (AvgIpc) is 2.73. The Labute approximate surface area is 166 Å². The molecule has 0 atom stereocenters. The molecule has 1 N–H and O–H groups in total. The predicted octanol–water partition coefficient (Wildman–Crippen LogP) is 3.11. The molecule has 1 saturated heterocycles. The maximum absolute atomic E-state index is 12.5. The van der Waals surface area contributed by atoms with Crippen LogP contribution in [-0.2, 0) is 9.59 Å².